The maximum absolute atomic E-state index is 14.2. The fraction of sp³-hybridized carbons (Fsp3) is 0.475. The van der Waals surface area contributed by atoms with Crippen molar-refractivity contribution in [2.24, 2.45) is 22.2 Å². The van der Waals surface area contributed by atoms with Crippen LogP contribution >= 0.6 is 12.6 Å². The number of thiol groups is 1. The minimum absolute atomic E-state index is 0.0156. The van der Waals surface area contributed by atoms with E-state index >= 15 is 0 Å². The summed E-state index contributed by atoms with van der Waals surface area (Å²) in [5, 5.41) is 46.4. The average Bonchev–Trinajstić information content (AvgIpc) is 3.81. The first-order valence-electron chi connectivity index (χ1n) is 21.0. The zero-order valence-corrected chi connectivity index (χ0v) is 38.2. The Bertz CT molecular complexity index is 2140. The molecule has 1 aromatic heterocycles. The van der Waals surface area contributed by atoms with Crippen molar-refractivity contribution < 1.29 is 68.1 Å². The van der Waals surface area contributed by atoms with E-state index in [1.54, 1.807) is 30.3 Å². The van der Waals surface area contributed by atoms with Gasteiger partial charge in [0.15, 0.2) is 5.96 Å². The van der Waals surface area contributed by atoms with Gasteiger partial charge >= 0.3 is 17.9 Å². The van der Waals surface area contributed by atoms with Gasteiger partial charge < -0.3 is 80.0 Å². The molecule has 2 rings (SSSR count). The molecule has 378 valence electrons. The number of benzene rings is 1. The molecule has 0 bridgehead atoms. The second-order valence-corrected chi connectivity index (χ2v) is 15.5. The number of carbonyl (C=O) groups is 11. The van der Waals surface area contributed by atoms with E-state index in [-0.39, 0.29) is 43.9 Å². The lowest BCUT2D eigenvalue weighted by Gasteiger charge is -2.27. The van der Waals surface area contributed by atoms with Crippen LogP contribution in [-0.4, -0.2) is 164 Å². The van der Waals surface area contributed by atoms with Crippen molar-refractivity contribution in [1.82, 2.24) is 52.5 Å². The molecule has 0 saturated carbocycles. The number of imidazole rings is 1. The Morgan fingerprint density at radius 2 is 1.26 bits per heavy atom. The Balaban J connectivity index is 2.38. The summed E-state index contributed by atoms with van der Waals surface area (Å²) >= 11 is 3.85. The SMILES string of the molecule is C[C@H](NC(=O)[C@@H](N)CC(=O)O)C(=O)N[C@@H](CCC(=O)O)C(=O)N[C@@H](Cc1ccccc1)C(=O)N[C@@H](CCCN=C(N)N)C(=O)N[C@@H](Cc1cnc[nH]1)C(=O)NCC(=O)NCC(=O)N[C@@H](CS)C(=O)O. The molecule has 18 N–H and O–H groups in total. The number of carboxylic acid groups (broad SMARTS) is 3. The van der Waals surface area contributed by atoms with E-state index in [2.05, 4.69) is 70.1 Å². The molecule has 0 saturated heterocycles. The standard InChI is InChI=1S/C40H58N14O14S/c1-20(49-34(62)23(41)14-32(59)60)33(61)51-25(9-10-31(57)58)37(65)53-26(12-21-6-3-2-4-7-21)38(66)52-24(8-5-11-45-40(42)43)36(64)54-27(13-22-15-44-19-48-22)35(63)47-16-29(55)46-17-30(56)50-28(18-69)39(67)68/h2-4,6-7,15,19-20,23-28,69H,5,8-14,16-18,41H2,1H3,(H,44,48)(H,46,55)(H,47,63)(H,49,62)(H,50,56)(H,51,61)(H,52,66)(H,53,65)(H,54,64)(H,57,58)(H,59,60)(H,67,68)(H4,42,43,45)/t20-,23-,24-,25-,26-,27-,28-/m0/s1. The highest BCUT2D eigenvalue weighted by Crippen LogP contribution is 2.09. The van der Waals surface area contributed by atoms with Gasteiger partial charge in [0.1, 0.15) is 36.3 Å². The van der Waals surface area contributed by atoms with Crippen molar-refractivity contribution in [1.29, 1.82) is 0 Å². The second-order valence-electron chi connectivity index (χ2n) is 15.2. The molecule has 0 fully saturated rings. The fourth-order valence-corrected chi connectivity index (χ4v) is 6.18. The van der Waals surface area contributed by atoms with E-state index in [4.69, 9.17) is 27.4 Å². The Morgan fingerprint density at radius 3 is 1.83 bits per heavy atom. The van der Waals surface area contributed by atoms with Crippen LogP contribution in [0.3, 0.4) is 0 Å². The number of aliphatic carboxylic acids is 3. The summed E-state index contributed by atoms with van der Waals surface area (Å²) in [6.45, 7) is -0.152. The maximum atomic E-state index is 14.2. The van der Waals surface area contributed by atoms with Crippen LogP contribution in [0.15, 0.2) is 47.8 Å². The van der Waals surface area contributed by atoms with Crippen LogP contribution in [0, 0.1) is 0 Å². The molecule has 69 heavy (non-hydrogen) atoms. The van der Waals surface area contributed by atoms with Crippen LogP contribution in [0.5, 0.6) is 0 Å². The highest BCUT2D eigenvalue weighted by molar-refractivity contribution is 7.80. The highest BCUT2D eigenvalue weighted by Gasteiger charge is 2.33. The molecule has 1 heterocycles. The van der Waals surface area contributed by atoms with Crippen LogP contribution in [0.4, 0.5) is 0 Å². The van der Waals surface area contributed by atoms with Crippen LogP contribution in [0.2, 0.25) is 0 Å². The Kier molecular flexibility index (Phi) is 24.7. The first-order valence-corrected chi connectivity index (χ1v) is 21.7. The third-order valence-electron chi connectivity index (χ3n) is 9.55. The zero-order chi connectivity index (χ0) is 51.6. The summed E-state index contributed by atoms with van der Waals surface area (Å²) in [5.41, 5.74) is 17.4. The summed E-state index contributed by atoms with van der Waals surface area (Å²) in [6, 6.07) is -2.04. The van der Waals surface area contributed by atoms with Crippen LogP contribution in [0.25, 0.3) is 0 Å². The first-order chi connectivity index (χ1) is 32.6. The summed E-state index contributed by atoms with van der Waals surface area (Å²) in [7, 11) is 0. The van der Waals surface area contributed by atoms with Gasteiger partial charge in [-0.1, -0.05) is 30.3 Å². The van der Waals surface area contributed by atoms with E-state index in [0.717, 1.165) is 0 Å². The van der Waals surface area contributed by atoms with Crippen molar-refractivity contribution in [3.05, 3.63) is 54.1 Å². The quantitative estimate of drug-likeness (QED) is 0.0145. The van der Waals surface area contributed by atoms with Gasteiger partial charge in [0.2, 0.25) is 47.3 Å². The molecule has 2 aromatic rings. The molecule has 1 aromatic carbocycles. The zero-order valence-electron chi connectivity index (χ0n) is 37.3. The molecule has 28 nitrogen and oxygen atoms in total. The number of hydrogen-bond acceptors (Lipinski definition) is 15. The molecule has 0 aliphatic heterocycles. The number of rotatable bonds is 31. The lowest BCUT2D eigenvalue weighted by atomic mass is 10.0. The Hall–Kier alpha value is -7.82. The molecule has 0 radical (unpaired) electrons. The predicted molar refractivity (Wildman–Crippen MR) is 244 cm³/mol. The number of nitrogens with one attached hydrogen (secondary N) is 9. The average molecular weight is 991 g/mol. The maximum Gasteiger partial charge on any atom is 0.327 e. The number of H-pyrrole nitrogens is 1. The number of hydrogen-bond donors (Lipinski definition) is 16. The van der Waals surface area contributed by atoms with E-state index in [1.807, 2.05) is 0 Å². The van der Waals surface area contributed by atoms with Gasteiger partial charge in [-0.15, -0.1) is 0 Å². The number of aromatic amines is 1. The second kappa shape index (κ2) is 29.7. The van der Waals surface area contributed by atoms with Crippen molar-refractivity contribution in [3.8, 4) is 0 Å². The summed E-state index contributed by atoms with van der Waals surface area (Å²) in [5.74, 6) is -12.1. The molecule has 7 atom stereocenters. The summed E-state index contributed by atoms with van der Waals surface area (Å²) < 4.78 is 0. The number of aromatic nitrogens is 2. The van der Waals surface area contributed by atoms with Gasteiger partial charge in [-0.3, -0.25) is 52.9 Å². The molecule has 0 unspecified atom stereocenters. The lowest BCUT2D eigenvalue weighted by molar-refractivity contribution is -0.141. The third-order valence-corrected chi connectivity index (χ3v) is 9.92. The number of nitrogens with two attached hydrogens (primary N) is 3. The Morgan fingerprint density at radius 1 is 0.681 bits per heavy atom. The highest BCUT2D eigenvalue weighted by atomic mass is 32.1. The summed E-state index contributed by atoms with van der Waals surface area (Å²) in [6.07, 6.45) is 0.267. The predicted octanol–water partition coefficient (Wildman–Crippen LogP) is -5.91. The minimum atomic E-state index is -1.62. The molecular formula is C40H58N14O14S. The summed E-state index contributed by atoms with van der Waals surface area (Å²) in [4.78, 5) is 150. The Labute approximate surface area is 399 Å². The van der Waals surface area contributed by atoms with Gasteiger partial charge in [0.05, 0.1) is 31.9 Å². The number of nitrogens with zero attached hydrogens (tertiary/aromatic N) is 2. The molecule has 0 aliphatic rings. The number of amides is 8. The van der Waals surface area contributed by atoms with Crippen LogP contribution < -0.4 is 59.7 Å². The normalized spacial score (nSPS) is 13.7. The van der Waals surface area contributed by atoms with Gasteiger partial charge in [0, 0.05) is 43.5 Å². The number of aliphatic imine (C=N–C) groups is 1. The van der Waals surface area contributed by atoms with Gasteiger partial charge in [0.25, 0.3) is 0 Å². The van der Waals surface area contributed by atoms with Crippen LogP contribution in [0.1, 0.15) is 50.3 Å². The molecule has 0 aliphatic carbocycles. The van der Waals surface area contributed by atoms with Gasteiger partial charge in [-0.05, 0) is 31.7 Å². The van der Waals surface area contributed by atoms with Crippen LogP contribution in [-0.2, 0) is 65.6 Å². The van der Waals surface area contributed by atoms with E-state index < -0.39 is 140 Å². The van der Waals surface area contributed by atoms with Crippen molar-refractivity contribution in [2.75, 3.05) is 25.4 Å². The monoisotopic (exact) mass is 990 g/mol. The number of carboxylic acids is 3. The van der Waals surface area contributed by atoms with E-state index in [1.165, 1.54) is 19.4 Å². The fourth-order valence-electron chi connectivity index (χ4n) is 5.94. The van der Waals surface area contributed by atoms with E-state index in [9.17, 15) is 57.8 Å². The van der Waals surface area contributed by atoms with Crippen molar-refractivity contribution in [3.63, 3.8) is 0 Å². The number of guanidine groups is 1. The van der Waals surface area contributed by atoms with Gasteiger partial charge in [-0.25, -0.2) is 9.78 Å². The minimum Gasteiger partial charge on any atom is -0.481 e. The van der Waals surface area contributed by atoms with Gasteiger partial charge in [-0.2, -0.15) is 12.6 Å². The third kappa shape index (κ3) is 22.5. The molecule has 8 amide bonds. The van der Waals surface area contributed by atoms with Crippen molar-refractivity contribution in [2.45, 2.75) is 94.2 Å². The molecule has 29 heteroatoms. The topological polar surface area (TPSA) is 464 Å². The largest absolute Gasteiger partial charge is 0.481 e. The smallest absolute Gasteiger partial charge is 0.327 e. The molecule has 0 spiro atoms. The van der Waals surface area contributed by atoms with E-state index in [0.29, 0.717) is 11.3 Å². The first kappa shape index (κ1) is 57.3. The number of carbonyl (C=O) groups excluding carboxylic acids is 8. The molecular weight excluding hydrogens is 933 g/mol. The lowest BCUT2D eigenvalue weighted by Crippen LogP contribution is -2.60. The van der Waals surface area contributed by atoms with Crippen molar-refractivity contribution >= 4 is 83.8 Å².